The van der Waals surface area contributed by atoms with E-state index in [2.05, 4.69) is 6.58 Å². The second-order valence-corrected chi connectivity index (χ2v) is 5.62. The lowest BCUT2D eigenvalue weighted by Crippen LogP contribution is -2.33. The number of rotatable bonds is 7. The maximum absolute atomic E-state index is 12.1. The molecule has 1 fully saturated rings. The highest BCUT2D eigenvalue weighted by molar-refractivity contribution is 8.18. The lowest BCUT2D eigenvalue weighted by molar-refractivity contribution is -0.305. The number of carboxylic acid groups (broad SMARTS) is 1. The van der Waals surface area contributed by atoms with Crippen LogP contribution in [0.3, 0.4) is 0 Å². The minimum Gasteiger partial charge on any atom is -0.550 e. The predicted molar refractivity (Wildman–Crippen MR) is 84.4 cm³/mol. The van der Waals surface area contributed by atoms with E-state index in [1.165, 1.54) is 0 Å². The van der Waals surface area contributed by atoms with Gasteiger partial charge in [0.05, 0.1) is 4.91 Å². The van der Waals surface area contributed by atoms with Crippen molar-refractivity contribution in [1.82, 2.24) is 4.90 Å². The fraction of sp³-hybridized carbons (Fsp3) is 0.188. The quantitative estimate of drug-likeness (QED) is 0.554. The number of carbonyl (C=O) groups is 3. The van der Waals surface area contributed by atoms with Crippen LogP contribution in [0.2, 0.25) is 0 Å². The van der Waals surface area contributed by atoms with Crippen LogP contribution in [0.5, 0.6) is 5.75 Å². The van der Waals surface area contributed by atoms with Crippen molar-refractivity contribution in [3.8, 4) is 5.75 Å². The molecule has 1 aliphatic heterocycles. The zero-order chi connectivity index (χ0) is 16.8. The third-order valence-corrected chi connectivity index (χ3v) is 3.87. The van der Waals surface area contributed by atoms with Gasteiger partial charge in [-0.25, -0.2) is 0 Å². The number of imide groups is 1. The van der Waals surface area contributed by atoms with Crippen molar-refractivity contribution in [2.75, 3.05) is 13.2 Å². The van der Waals surface area contributed by atoms with Crippen molar-refractivity contribution in [2.45, 2.75) is 6.42 Å². The van der Waals surface area contributed by atoms with E-state index < -0.39 is 17.1 Å². The summed E-state index contributed by atoms with van der Waals surface area (Å²) in [5.74, 6) is -1.12. The number of thioether (sulfide) groups is 1. The molecule has 2 rings (SSSR count). The zero-order valence-electron chi connectivity index (χ0n) is 12.2. The largest absolute Gasteiger partial charge is 0.550 e. The first-order valence-corrected chi connectivity index (χ1v) is 7.62. The average Bonchev–Trinajstić information content (AvgIpc) is 2.78. The third kappa shape index (κ3) is 4.46. The maximum atomic E-state index is 12.1. The molecule has 1 saturated heterocycles. The molecule has 120 valence electrons. The van der Waals surface area contributed by atoms with Crippen LogP contribution in [0.4, 0.5) is 4.79 Å². The molecule has 1 aliphatic rings. The van der Waals surface area contributed by atoms with Crippen LogP contribution in [-0.4, -0.2) is 35.2 Å². The van der Waals surface area contributed by atoms with Gasteiger partial charge < -0.3 is 14.6 Å². The SMILES string of the molecule is C=CCOc1ccc(/C=C2/SC(=O)N(CCC(=O)[O-])C2=O)cc1. The molecule has 0 saturated carbocycles. The monoisotopic (exact) mass is 332 g/mol. The Morgan fingerprint density at radius 1 is 1.30 bits per heavy atom. The van der Waals surface area contributed by atoms with Gasteiger partial charge >= 0.3 is 0 Å². The van der Waals surface area contributed by atoms with Crippen LogP contribution in [-0.2, 0) is 9.59 Å². The highest BCUT2D eigenvalue weighted by atomic mass is 32.2. The van der Waals surface area contributed by atoms with Crippen molar-refractivity contribution in [3.05, 3.63) is 47.4 Å². The predicted octanol–water partition coefficient (Wildman–Crippen LogP) is 1.43. The molecule has 0 unspecified atom stereocenters. The number of amides is 2. The molecule has 1 aromatic rings. The van der Waals surface area contributed by atoms with Crippen molar-refractivity contribution in [2.24, 2.45) is 0 Å². The average molecular weight is 332 g/mol. The topological polar surface area (TPSA) is 86.7 Å². The van der Waals surface area contributed by atoms with Crippen molar-refractivity contribution >= 4 is 35.0 Å². The van der Waals surface area contributed by atoms with Gasteiger partial charge in [-0.1, -0.05) is 24.8 Å². The van der Waals surface area contributed by atoms with Gasteiger partial charge in [-0.05, 0) is 35.5 Å². The summed E-state index contributed by atoms with van der Waals surface area (Å²) in [6.07, 6.45) is 2.85. The number of ether oxygens (including phenoxy) is 1. The molecule has 0 radical (unpaired) electrons. The summed E-state index contributed by atoms with van der Waals surface area (Å²) in [6.45, 7) is 3.78. The van der Waals surface area contributed by atoms with E-state index >= 15 is 0 Å². The molecule has 2 amide bonds. The Hall–Kier alpha value is -2.54. The molecule has 0 N–H and O–H groups in total. The molecule has 6 nitrogen and oxygen atoms in total. The van der Waals surface area contributed by atoms with Crippen molar-refractivity contribution in [3.63, 3.8) is 0 Å². The van der Waals surface area contributed by atoms with Gasteiger partial charge in [0, 0.05) is 18.9 Å². The summed E-state index contributed by atoms with van der Waals surface area (Å²) in [7, 11) is 0. The number of nitrogens with zero attached hydrogens (tertiary/aromatic N) is 1. The lowest BCUT2D eigenvalue weighted by Gasteiger charge is -2.12. The standard InChI is InChI=1S/C16H15NO5S/c1-2-9-22-12-5-3-11(4-6-12)10-13-15(20)17(16(21)23-13)8-7-14(18)19/h2-6,10H,1,7-9H2,(H,18,19)/p-1/b13-10+. The number of aliphatic carboxylic acids is 1. The first kappa shape index (κ1) is 16.8. The Morgan fingerprint density at radius 2 is 2.00 bits per heavy atom. The van der Waals surface area contributed by atoms with Gasteiger partial charge in [-0.2, -0.15) is 0 Å². The van der Waals surface area contributed by atoms with E-state index in [-0.39, 0.29) is 17.9 Å². The first-order chi connectivity index (χ1) is 11.0. The van der Waals surface area contributed by atoms with Crippen LogP contribution in [0.1, 0.15) is 12.0 Å². The van der Waals surface area contributed by atoms with E-state index in [0.29, 0.717) is 12.4 Å². The second kappa shape index (κ2) is 7.64. The zero-order valence-corrected chi connectivity index (χ0v) is 13.0. The maximum Gasteiger partial charge on any atom is 0.293 e. The fourth-order valence-electron chi connectivity index (χ4n) is 1.86. The smallest absolute Gasteiger partial charge is 0.293 e. The summed E-state index contributed by atoms with van der Waals surface area (Å²) in [6, 6.07) is 7.01. The highest BCUT2D eigenvalue weighted by Crippen LogP contribution is 2.32. The molecular weight excluding hydrogens is 318 g/mol. The normalized spacial score (nSPS) is 16.0. The van der Waals surface area contributed by atoms with Crippen LogP contribution in [0, 0.1) is 0 Å². The highest BCUT2D eigenvalue weighted by Gasteiger charge is 2.34. The lowest BCUT2D eigenvalue weighted by atomic mass is 10.2. The molecule has 0 spiro atoms. The Balaban J connectivity index is 2.07. The molecule has 1 heterocycles. The van der Waals surface area contributed by atoms with Crippen molar-refractivity contribution in [1.29, 1.82) is 0 Å². The molecule has 0 atom stereocenters. The number of carbonyl (C=O) groups excluding carboxylic acids is 3. The molecule has 0 aromatic heterocycles. The minimum absolute atomic E-state index is 0.182. The van der Waals surface area contributed by atoms with E-state index in [1.54, 1.807) is 36.4 Å². The van der Waals surface area contributed by atoms with Gasteiger partial charge in [0.25, 0.3) is 11.1 Å². The van der Waals surface area contributed by atoms with Gasteiger partial charge in [-0.15, -0.1) is 0 Å². The molecule has 0 aliphatic carbocycles. The van der Waals surface area contributed by atoms with Crippen LogP contribution >= 0.6 is 11.8 Å². The molecule has 7 heteroatoms. The molecule has 1 aromatic carbocycles. The summed E-state index contributed by atoms with van der Waals surface area (Å²) < 4.78 is 5.35. The van der Waals surface area contributed by atoms with E-state index in [1.807, 2.05) is 0 Å². The Labute approximate surface area is 137 Å². The third-order valence-electron chi connectivity index (χ3n) is 2.96. The van der Waals surface area contributed by atoms with Crippen molar-refractivity contribution < 1.29 is 24.2 Å². The number of carboxylic acids is 1. The summed E-state index contributed by atoms with van der Waals surface area (Å²) >= 11 is 0.787. The van der Waals surface area contributed by atoms with Gasteiger partial charge in [-0.3, -0.25) is 14.5 Å². The van der Waals surface area contributed by atoms with Crippen LogP contribution in [0.15, 0.2) is 41.8 Å². The van der Waals surface area contributed by atoms with Gasteiger partial charge in [0.15, 0.2) is 0 Å². The number of benzene rings is 1. The van der Waals surface area contributed by atoms with E-state index in [9.17, 15) is 19.5 Å². The Kier molecular flexibility index (Phi) is 5.59. The van der Waals surface area contributed by atoms with Gasteiger partial charge in [0.1, 0.15) is 12.4 Å². The Bertz CT molecular complexity index is 666. The number of hydrogen-bond donors (Lipinski definition) is 0. The summed E-state index contributed by atoms with van der Waals surface area (Å²) in [4.78, 5) is 35.5. The van der Waals surface area contributed by atoms with E-state index in [4.69, 9.17) is 4.74 Å². The van der Waals surface area contributed by atoms with Crippen LogP contribution < -0.4 is 9.84 Å². The minimum atomic E-state index is -1.30. The fourth-order valence-corrected chi connectivity index (χ4v) is 2.73. The molecule has 0 bridgehead atoms. The Morgan fingerprint density at radius 3 is 2.61 bits per heavy atom. The van der Waals surface area contributed by atoms with Crippen LogP contribution in [0.25, 0.3) is 6.08 Å². The first-order valence-electron chi connectivity index (χ1n) is 6.80. The molecule has 23 heavy (non-hydrogen) atoms. The summed E-state index contributed by atoms with van der Waals surface area (Å²) in [5, 5.41) is 9.97. The van der Waals surface area contributed by atoms with Gasteiger partial charge in [0.2, 0.25) is 0 Å². The second-order valence-electron chi connectivity index (χ2n) is 4.62. The van der Waals surface area contributed by atoms with E-state index in [0.717, 1.165) is 22.2 Å². The number of hydrogen-bond acceptors (Lipinski definition) is 6. The molecular formula is C16H14NO5S-. The summed E-state index contributed by atoms with van der Waals surface area (Å²) in [5.41, 5.74) is 0.737.